The van der Waals surface area contributed by atoms with Gasteiger partial charge in [0.1, 0.15) is 12.0 Å². The molecular formula is C28H29NO2. The van der Waals surface area contributed by atoms with Gasteiger partial charge < -0.3 is 14.8 Å². The molecule has 1 aliphatic carbocycles. The first-order valence-corrected chi connectivity index (χ1v) is 11.0. The van der Waals surface area contributed by atoms with E-state index >= 15 is 0 Å². The number of phenolic OH excluding ortho intramolecular Hbond substituents is 1. The van der Waals surface area contributed by atoms with Gasteiger partial charge in [0.2, 0.25) is 0 Å². The van der Waals surface area contributed by atoms with E-state index in [9.17, 15) is 9.90 Å². The highest BCUT2D eigenvalue weighted by atomic mass is 16.3. The summed E-state index contributed by atoms with van der Waals surface area (Å²) in [4.78, 5) is 13.4. The maximum absolute atomic E-state index is 11.1. The minimum Gasteiger partial charge on any atom is -0.508 e. The Morgan fingerprint density at radius 3 is 2.39 bits per heavy atom. The van der Waals surface area contributed by atoms with Gasteiger partial charge in [-0.15, -0.1) is 0 Å². The molecule has 1 fully saturated rings. The summed E-state index contributed by atoms with van der Waals surface area (Å²) in [5, 5.41) is 10.1. The number of carbonyl (C=O) groups excluding carboxylic acids is 1. The lowest BCUT2D eigenvalue weighted by molar-refractivity contribution is -0.111. The van der Waals surface area contributed by atoms with Crippen LogP contribution in [-0.2, 0) is 11.2 Å². The Balaban J connectivity index is 1.57. The third-order valence-corrected chi connectivity index (χ3v) is 6.83. The molecule has 0 aromatic heterocycles. The summed E-state index contributed by atoms with van der Waals surface area (Å²) in [6, 6.07) is 12.3. The molecule has 1 aliphatic heterocycles. The van der Waals surface area contributed by atoms with Crippen LogP contribution in [0.25, 0.3) is 0 Å². The van der Waals surface area contributed by atoms with Crippen LogP contribution in [0.15, 0.2) is 72.7 Å². The molecule has 5 rings (SSSR count). The topological polar surface area (TPSA) is 40.5 Å². The van der Waals surface area contributed by atoms with Crippen molar-refractivity contribution in [1.82, 2.24) is 0 Å². The van der Waals surface area contributed by atoms with E-state index in [1.165, 1.54) is 0 Å². The minimum absolute atomic E-state index is 0.133. The number of rotatable bonds is 4. The first-order valence-electron chi connectivity index (χ1n) is 13.5. The monoisotopic (exact) mass is 416 g/mol. The van der Waals surface area contributed by atoms with Crippen LogP contribution >= 0.6 is 0 Å². The standard InChI is InChI=1S/C28H29NO2/c30-19-20-14-16-29(17-15-20)24-9-6-22(7-10-24)28-26(21-4-2-1-3-5-21)12-8-23-18-25(31)11-13-27(23)28/h1-7,9-11,13,18-20,26,28,31H,8,12,14-17H2/t26-,28+/m1/s1/i1D,2D,3D,4D,5D. The van der Waals surface area contributed by atoms with E-state index in [0.717, 1.165) is 54.6 Å². The first-order chi connectivity index (χ1) is 17.3. The smallest absolute Gasteiger partial charge is 0.123 e. The number of aromatic hydroxyl groups is 1. The van der Waals surface area contributed by atoms with Crippen molar-refractivity contribution < 1.29 is 16.8 Å². The third kappa shape index (κ3) is 3.97. The lowest BCUT2D eigenvalue weighted by Gasteiger charge is -2.35. The van der Waals surface area contributed by atoms with Crippen LogP contribution in [-0.4, -0.2) is 24.5 Å². The van der Waals surface area contributed by atoms with Crippen molar-refractivity contribution in [2.45, 2.75) is 37.5 Å². The maximum atomic E-state index is 11.1. The van der Waals surface area contributed by atoms with Crippen molar-refractivity contribution in [3.63, 3.8) is 0 Å². The molecule has 0 saturated carbocycles. The second-order valence-corrected chi connectivity index (χ2v) is 8.60. The molecule has 31 heavy (non-hydrogen) atoms. The summed E-state index contributed by atoms with van der Waals surface area (Å²) in [6.07, 6.45) is 4.01. The van der Waals surface area contributed by atoms with Crippen LogP contribution in [0.1, 0.15) is 60.2 Å². The molecule has 3 aromatic rings. The molecule has 3 nitrogen and oxygen atoms in total. The number of aryl methyl sites for hydroxylation is 1. The third-order valence-electron chi connectivity index (χ3n) is 6.83. The Labute approximate surface area is 191 Å². The van der Waals surface area contributed by atoms with Crippen molar-refractivity contribution in [2.75, 3.05) is 18.0 Å². The fourth-order valence-corrected chi connectivity index (χ4v) is 5.16. The highest BCUT2D eigenvalue weighted by Crippen LogP contribution is 2.47. The fraction of sp³-hybridized carbons (Fsp3) is 0.321. The maximum Gasteiger partial charge on any atom is 0.123 e. The molecule has 0 unspecified atom stereocenters. The number of hydrogen-bond acceptors (Lipinski definition) is 3. The van der Waals surface area contributed by atoms with E-state index < -0.39 is 0 Å². The summed E-state index contributed by atoms with van der Waals surface area (Å²) in [5.74, 6) is -0.186. The molecule has 0 bridgehead atoms. The number of anilines is 1. The lowest BCUT2D eigenvalue weighted by atomic mass is 9.69. The zero-order valence-corrected chi connectivity index (χ0v) is 17.4. The Kier molecular flexibility index (Phi) is 4.11. The molecular weight excluding hydrogens is 382 g/mol. The zero-order chi connectivity index (χ0) is 25.6. The van der Waals surface area contributed by atoms with Crippen molar-refractivity contribution in [1.29, 1.82) is 0 Å². The number of piperidine rings is 1. The summed E-state index contributed by atoms with van der Waals surface area (Å²) >= 11 is 0. The van der Waals surface area contributed by atoms with E-state index in [4.69, 9.17) is 6.85 Å². The molecule has 3 aromatic carbocycles. The number of hydrogen-bond donors (Lipinski definition) is 1. The van der Waals surface area contributed by atoms with Gasteiger partial charge in [0.05, 0.1) is 6.85 Å². The molecule has 0 amide bonds. The molecule has 1 N–H and O–H groups in total. The second-order valence-electron chi connectivity index (χ2n) is 8.60. The van der Waals surface area contributed by atoms with Gasteiger partial charge in [-0.05, 0) is 78.1 Å². The summed E-state index contributed by atoms with van der Waals surface area (Å²) < 4.78 is 41.6. The van der Waals surface area contributed by atoms with Crippen LogP contribution in [0, 0.1) is 5.92 Å². The minimum atomic E-state index is -0.380. The number of fused-ring (bicyclic) bond motifs is 1. The van der Waals surface area contributed by atoms with Gasteiger partial charge in [-0.1, -0.05) is 48.4 Å². The van der Waals surface area contributed by atoms with Gasteiger partial charge in [0.15, 0.2) is 0 Å². The Morgan fingerprint density at radius 2 is 1.68 bits per heavy atom. The van der Waals surface area contributed by atoms with E-state index in [0.29, 0.717) is 18.4 Å². The average Bonchev–Trinajstić information content (AvgIpc) is 2.91. The van der Waals surface area contributed by atoms with Gasteiger partial charge in [-0.25, -0.2) is 0 Å². The molecule has 1 heterocycles. The quantitative estimate of drug-likeness (QED) is 0.557. The van der Waals surface area contributed by atoms with Crippen molar-refractivity contribution in [3.8, 4) is 5.75 Å². The van der Waals surface area contributed by atoms with Crippen LogP contribution in [0.3, 0.4) is 0 Å². The van der Waals surface area contributed by atoms with E-state index in [1.807, 2.05) is 6.07 Å². The Bertz CT molecular complexity index is 1270. The normalized spacial score (nSPS) is 23.7. The first kappa shape index (κ1) is 14.9. The van der Waals surface area contributed by atoms with Crippen molar-refractivity contribution in [3.05, 3.63) is 94.9 Å². The van der Waals surface area contributed by atoms with Gasteiger partial charge >= 0.3 is 0 Å². The molecule has 1 saturated heterocycles. The van der Waals surface area contributed by atoms with Gasteiger partial charge in [0.25, 0.3) is 0 Å². The van der Waals surface area contributed by atoms with E-state index in [2.05, 4.69) is 29.2 Å². The average molecular weight is 417 g/mol. The van der Waals surface area contributed by atoms with Crippen LogP contribution in [0.5, 0.6) is 5.75 Å². The number of aldehydes is 1. The van der Waals surface area contributed by atoms with Crippen molar-refractivity contribution >= 4 is 12.0 Å². The van der Waals surface area contributed by atoms with Gasteiger partial charge in [-0.3, -0.25) is 0 Å². The predicted molar refractivity (Wildman–Crippen MR) is 125 cm³/mol. The SMILES string of the molecule is [2H]c1c([2H])c([2H])c([C@H]2CCc3cc(O)ccc3[C@H]2c2ccc(N3CCC(C=O)CC3)cc2)c([2H])c1[2H]. The molecule has 2 atom stereocenters. The predicted octanol–water partition coefficient (Wildman–Crippen LogP) is 5.67. The number of nitrogens with zero attached hydrogens (tertiary/aromatic N) is 1. The van der Waals surface area contributed by atoms with E-state index in [1.54, 1.807) is 12.1 Å². The molecule has 3 heteroatoms. The van der Waals surface area contributed by atoms with E-state index in [-0.39, 0.29) is 53.7 Å². The summed E-state index contributed by atoms with van der Waals surface area (Å²) in [5.41, 5.74) is 4.47. The number of phenols is 1. The largest absolute Gasteiger partial charge is 0.508 e. The highest BCUT2D eigenvalue weighted by Gasteiger charge is 2.32. The highest BCUT2D eigenvalue weighted by molar-refractivity contribution is 5.56. The molecule has 158 valence electrons. The van der Waals surface area contributed by atoms with Crippen LogP contribution < -0.4 is 4.90 Å². The lowest BCUT2D eigenvalue weighted by Crippen LogP contribution is -2.34. The fourth-order valence-electron chi connectivity index (χ4n) is 5.16. The molecule has 0 radical (unpaired) electrons. The van der Waals surface area contributed by atoms with Crippen molar-refractivity contribution in [2.24, 2.45) is 5.92 Å². The second kappa shape index (κ2) is 8.58. The Hall–Kier alpha value is -3.07. The molecule has 2 aliphatic rings. The summed E-state index contributed by atoms with van der Waals surface area (Å²) in [6.45, 7) is 1.67. The summed E-state index contributed by atoms with van der Waals surface area (Å²) in [7, 11) is 0. The number of benzene rings is 3. The Morgan fingerprint density at radius 1 is 0.935 bits per heavy atom. The molecule has 0 spiro atoms. The van der Waals surface area contributed by atoms with Gasteiger partial charge in [0, 0.05) is 30.6 Å². The zero-order valence-electron chi connectivity index (χ0n) is 22.4. The van der Waals surface area contributed by atoms with Crippen LogP contribution in [0.2, 0.25) is 0 Å². The van der Waals surface area contributed by atoms with Crippen LogP contribution in [0.4, 0.5) is 5.69 Å². The number of carbonyl (C=O) groups is 1. The van der Waals surface area contributed by atoms with Gasteiger partial charge in [-0.2, -0.15) is 0 Å².